The molecule has 0 saturated heterocycles. The second kappa shape index (κ2) is 6.18. The summed E-state index contributed by atoms with van der Waals surface area (Å²) in [6.45, 7) is 8.98. The number of nitrogens with zero attached hydrogens (tertiary/aromatic N) is 1. The van der Waals surface area contributed by atoms with Gasteiger partial charge in [0.2, 0.25) is 0 Å². The van der Waals surface area contributed by atoms with E-state index in [0.29, 0.717) is 0 Å². The first-order valence-corrected chi connectivity index (χ1v) is 10.6. The number of furan rings is 1. The molecule has 3 aromatic heterocycles. The molecule has 5 rings (SSSR count). The second-order valence-corrected chi connectivity index (χ2v) is 9.71. The van der Waals surface area contributed by atoms with Crippen LogP contribution in [0.2, 0.25) is 0 Å². The predicted molar refractivity (Wildman–Crippen MR) is 120 cm³/mol. The van der Waals surface area contributed by atoms with Crippen LogP contribution in [-0.2, 0) is 6.42 Å². The van der Waals surface area contributed by atoms with Crippen molar-refractivity contribution in [2.75, 3.05) is 0 Å². The van der Waals surface area contributed by atoms with Gasteiger partial charge in [0.15, 0.2) is 0 Å². The van der Waals surface area contributed by atoms with Crippen molar-refractivity contribution in [1.29, 1.82) is 0 Å². The summed E-state index contributed by atoms with van der Waals surface area (Å²) in [6, 6.07) is 15.0. The molecule has 0 spiro atoms. The van der Waals surface area contributed by atoms with Crippen LogP contribution in [0.25, 0.3) is 43.3 Å². The van der Waals surface area contributed by atoms with Crippen LogP contribution in [0, 0.1) is 12.3 Å². The third-order valence-corrected chi connectivity index (χ3v) is 6.24. The zero-order chi connectivity index (χ0) is 19.5. The minimum atomic E-state index is 0.236. The van der Waals surface area contributed by atoms with Crippen molar-refractivity contribution in [2.45, 2.75) is 34.1 Å². The number of aryl methyl sites for hydroxylation is 1. The van der Waals surface area contributed by atoms with Crippen LogP contribution < -0.4 is 0 Å². The number of para-hydroxylation sites is 1. The first-order valence-electron chi connectivity index (χ1n) is 9.68. The highest BCUT2D eigenvalue weighted by Crippen LogP contribution is 2.40. The Bertz CT molecular complexity index is 1330. The quantitative estimate of drug-likeness (QED) is 0.310. The topological polar surface area (TPSA) is 26.0 Å². The average molecular weight is 386 g/mol. The fourth-order valence-corrected chi connectivity index (χ4v) is 4.94. The Labute approximate surface area is 168 Å². The van der Waals surface area contributed by atoms with Crippen LogP contribution in [0.15, 0.2) is 58.5 Å². The van der Waals surface area contributed by atoms with Crippen LogP contribution in [0.3, 0.4) is 0 Å². The minimum absolute atomic E-state index is 0.236. The van der Waals surface area contributed by atoms with Gasteiger partial charge >= 0.3 is 0 Å². The second-order valence-electron chi connectivity index (χ2n) is 8.80. The highest BCUT2D eigenvalue weighted by Gasteiger charge is 2.18. The summed E-state index contributed by atoms with van der Waals surface area (Å²) >= 11 is 1.77. The molecule has 0 atom stereocenters. The van der Waals surface area contributed by atoms with Crippen LogP contribution in [0.5, 0.6) is 0 Å². The van der Waals surface area contributed by atoms with Crippen molar-refractivity contribution in [2.24, 2.45) is 5.41 Å². The summed E-state index contributed by atoms with van der Waals surface area (Å²) in [5.41, 5.74) is 6.75. The van der Waals surface area contributed by atoms with Crippen molar-refractivity contribution in [3.63, 3.8) is 0 Å². The number of fused-ring (bicyclic) bond motifs is 5. The Balaban J connectivity index is 1.76. The van der Waals surface area contributed by atoms with Gasteiger partial charge in [0.25, 0.3) is 0 Å². The van der Waals surface area contributed by atoms with Gasteiger partial charge in [-0.1, -0.05) is 32.9 Å². The summed E-state index contributed by atoms with van der Waals surface area (Å²) in [4.78, 5) is 4.75. The molecule has 0 amide bonds. The van der Waals surface area contributed by atoms with Crippen molar-refractivity contribution < 1.29 is 4.42 Å². The van der Waals surface area contributed by atoms with E-state index in [1.54, 1.807) is 11.3 Å². The van der Waals surface area contributed by atoms with Gasteiger partial charge in [-0.05, 0) is 71.0 Å². The SMILES string of the molecule is Cc1cnc(-c2cccc3c2oc2ccc4ccsc4c23)cc1CC(C)(C)C. The summed E-state index contributed by atoms with van der Waals surface area (Å²) < 4.78 is 7.64. The van der Waals surface area contributed by atoms with Gasteiger partial charge in [-0.25, -0.2) is 0 Å². The van der Waals surface area contributed by atoms with Gasteiger partial charge < -0.3 is 4.42 Å². The molecule has 2 nitrogen and oxygen atoms in total. The van der Waals surface area contributed by atoms with Gasteiger partial charge in [0.1, 0.15) is 11.2 Å². The van der Waals surface area contributed by atoms with Gasteiger partial charge in [-0.3, -0.25) is 4.98 Å². The maximum atomic E-state index is 6.35. The van der Waals surface area contributed by atoms with Crippen LogP contribution >= 0.6 is 11.3 Å². The van der Waals surface area contributed by atoms with Crippen molar-refractivity contribution in [3.8, 4) is 11.3 Å². The Morgan fingerprint density at radius 3 is 2.75 bits per heavy atom. The molecule has 0 aliphatic carbocycles. The molecule has 0 aliphatic rings. The lowest BCUT2D eigenvalue weighted by molar-refractivity contribution is 0.410. The van der Waals surface area contributed by atoms with E-state index in [0.717, 1.165) is 28.8 Å². The van der Waals surface area contributed by atoms with E-state index >= 15 is 0 Å². The number of aromatic nitrogens is 1. The smallest absolute Gasteiger partial charge is 0.144 e. The largest absolute Gasteiger partial charge is 0.455 e. The van der Waals surface area contributed by atoms with E-state index in [1.807, 2.05) is 6.20 Å². The molecule has 0 bridgehead atoms. The van der Waals surface area contributed by atoms with Crippen LogP contribution in [-0.4, -0.2) is 4.98 Å². The predicted octanol–water partition coefficient (Wildman–Crippen LogP) is 7.76. The number of pyridine rings is 1. The monoisotopic (exact) mass is 385 g/mol. The zero-order valence-electron chi connectivity index (χ0n) is 16.7. The molecule has 3 heterocycles. The molecular formula is C25H23NOS. The summed E-state index contributed by atoms with van der Waals surface area (Å²) in [5, 5.41) is 5.80. The normalized spacial score (nSPS) is 12.4. The van der Waals surface area contributed by atoms with Crippen molar-refractivity contribution >= 4 is 43.4 Å². The standard InChI is InChI=1S/C25H23NOS/c1-15-14-26-20(12-17(15)13-25(2,3)4)18-6-5-7-19-22-21(27-23(18)19)9-8-16-10-11-28-24(16)22/h5-12,14H,13H2,1-4H3. The molecule has 0 aliphatic heterocycles. The third kappa shape index (κ3) is 2.82. The van der Waals surface area contributed by atoms with Gasteiger partial charge in [0.05, 0.1) is 5.69 Å². The van der Waals surface area contributed by atoms with Crippen LogP contribution in [0.4, 0.5) is 0 Å². The number of benzene rings is 2. The lowest BCUT2D eigenvalue weighted by Gasteiger charge is -2.20. The minimum Gasteiger partial charge on any atom is -0.455 e. The maximum absolute atomic E-state index is 6.35. The Kier molecular flexibility index (Phi) is 3.85. The number of rotatable bonds is 2. The molecule has 0 radical (unpaired) electrons. The first-order chi connectivity index (χ1) is 13.4. The fraction of sp³-hybridized carbons (Fsp3) is 0.240. The molecule has 28 heavy (non-hydrogen) atoms. The molecule has 0 fully saturated rings. The summed E-state index contributed by atoms with van der Waals surface area (Å²) in [7, 11) is 0. The third-order valence-electron chi connectivity index (χ3n) is 5.29. The molecule has 5 aromatic rings. The number of hydrogen-bond donors (Lipinski definition) is 0. The average Bonchev–Trinajstić information content (AvgIpc) is 3.25. The molecule has 0 N–H and O–H groups in total. The molecule has 2 aromatic carbocycles. The Hall–Kier alpha value is -2.65. The highest BCUT2D eigenvalue weighted by molar-refractivity contribution is 7.18. The van der Waals surface area contributed by atoms with Crippen molar-refractivity contribution in [3.05, 3.63) is 65.2 Å². The summed E-state index contributed by atoms with van der Waals surface area (Å²) in [5.74, 6) is 0. The number of thiophene rings is 1. The maximum Gasteiger partial charge on any atom is 0.144 e. The van der Waals surface area contributed by atoms with Gasteiger partial charge in [0, 0.05) is 27.2 Å². The molecule has 0 unspecified atom stereocenters. The Morgan fingerprint density at radius 1 is 1.07 bits per heavy atom. The van der Waals surface area contributed by atoms with Crippen molar-refractivity contribution in [1.82, 2.24) is 4.98 Å². The van der Waals surface area contributed by atoms with E-state index < -0.39 is 0 Å². The number of hydrogen-bond acceptors (Lipinski definition) is 3. The zero-order valence-corrected chi connectivity index (χ0v) is 17.5. The van der Waals surface area contributed by atoms with E-state index in [-0.39, 0.29) is 5.41 Å². The summed E-state index contributed by atoms with van der Waals surface area (Å²) in [6.07, 6.45) is 3.02. The fourth-order valence-electron chi connectivity index (χ4n) is 3.98. The first kappa shape index (κ1) is 17.4. The van der Waals surface area contributed by atoms with E-state index in [2.05, 4.69) is 75.5 Å². The Morgan fingerprint density at radius 2 is 1.93 bits per heavy atom. The lowest BCUT2D eigenvalue weighted by atomic mass is 9.86. The molecule has 140 valence electrons. The highest BCUT2D eigenvalue weighted by atomic mass is 32.1. The van der Waals surface area contributed by atoms with Crippen LogP contribution in [0.1, 0.15) is 31.9 Å². The molecule has 0 saturated carbocycles. The van der Waals surface area contributed by atoms with E-state index in [4.69, 9.17) is 9.40 Å². The van der Waals surface area contributed by atoms with E-state index in [9.17, 15) is 0 Å². The molecule has 3 heteroatoms. The molecular weight excluding hydrogens is 362 g/mol. The van der Waals surface area contributed by atoms with Gasteiger partial charge in [-0.15, -0.1) is 11.3 Å². The van der Waals surface area contributed by atoms with E-state index in [1.165, 1.54) is 32.0 Å². The lowest BCUT2D eigenvalue weighted by Crippen LogP contribution is -2.10. The van der Waals surface area contributed by atoms with Gasteiger partial charge in [-0.2, -0.15) is 0 Å².